The molecule has 0 aliphatic rings. The van der Waals surface area contributed by atoms with Crippen molar-refractivity contribution >= 4 is 11.0 Å². The van der Waals surface area contributed by atoms with Gasteiger partial charge < -0.3 is 23.7 Å². The van der Waals surface area contributed by atoms with Crippen LogP contribution in [0.4, 0.5) is 13.2 Å². The molecule has 9 heteroatoms. The molecule has 1 N–H and O–H groups in total. The molecule has 0 atom stereocenters. The van der Waals surface area contributed by atoms with Gasteiger partial charge in [0, 0.05) is 17.5 Å². The van der Waals surface area contributed by atoms with Crippen LogP contribution < -0.4 is 10.4 Å². The minimum atomic E-state index is -4.65. The molecule has 0 radical (unpaired) electrons. The van der Waals surface area contributed by atoms with Crippen LogP contribution in [0.1, 0.15) is 5.56 Å². The van der Waals surface area contributed by atoms with E-state index in [9.17, 15) is 18.0 Å². The SMILES string of the molecule is O=c1cc(C(F)(F)F)c2ccc(OCCOCCOCCO)cc2o1. The first kappa shape index (κ1) is 19.2. The molecule has 138 valence electrons. The first-order valence-electron chi connectivity index (χ1n) is 7.46. The van der Waals surface area contributed by atoms with Gasteiger partial charge in [0.05, 0.1) is 38.6 Å². The van der Waals surface area contributed by atoms with Crippen LogP contribution in [-0.4, -0.2) is 44.7 Å². The number of rotatable bonds is 9. The second-order valence-electron chi connectivity index (χ2n) is 4.93. The molecule has 1 heterocycles. The third kappa shape index (κ3) is 5.73. The summed E-state index contributed by atoms with van der Waals surface area (Å²) in [6, 6.07) is 4.22. The van der Waals surface area contributed by atoms with Crippen LogP contribution in [0.15, 0.2) is 33.5 Å². The zero-order valence-corrected chi connectivity index (χ0v) is 13.2. The van der Waals surface area contributed by atoms with E-state index < -0.39 is 17.4 Å². The van der Waals surface area contributed by atoms with Gasteiger partial charge in [-0.2, -0.15) is 13.2 Å². The van der Waals surface area contributed by atoms with Crippen LogP contribution in [0.3, 0.4) is 0 Å². The lowest BCUT2D eigenvalue weighted by Crippen LogP contribution is -2.12. The summed E-state index contributed by atoms with van der Waals surface area (Å²) in [6.45, 7) is 1.24. The van der Waals surface area contributed by atoms with Crippen molar-refractivity contribution in [3.8, 4) is 5.75 Å². The molecule has 0 bridgehead atoms. The highest BCUT2D eigenvalue weighted by Crippen LogP contribution is 2.34. The lowest BCUT2D eigenvalue weighted by Gasteiger charge is -2.11. The largest absolute Gasteiger partial charge is 0.491 e. The van der Waals surface area contributed by atoms with E-state index in [0.717, 1.165) is 0 Å². The molecule has 2 rings (SSSR count). The van der Waals surface area contributed by atoms with Crippen LogP contribution >= 0.6 is 0 Å². The number of hydrogen-bond acceptors (Lipinski definition) is 6. The van der Waals surface area contributed by atoms with E-state index in [1.165, 1.54) is 18.2 Å². The fraction of sp³-hybridized carbons (Fsp3) is 0.438. The smallest absolute Gasteiger partial charge is 0.417 e. The fourth-order valence-corrected chi connectivity index (χ4v) is 2.07. The molecule has 6 nitrogen and oxygen atoms in total. The van der Waals surface area contributed by atoms with E-state index in [-0.39, 0.29) is 43.1 Å². The van der Waals surface area contributed by atoms with Gasteiger partial charge in [0.15, 0.2) is 0 Å². The van der Waals surface area contributed by atoms with Gasteiger partial charge in [0.25, 0.3) is 0 Å². The molecule has 0 amide bonds. The molecule has 1 aromatic heterocycles. The van der Waals surface area contributed by atoms with Crippen molar-refractivity contribution in [1.82, 2.24) is 0 Å². The van der Waals surface area contributed by atoms with Crippen LogP contribution in [0.2, 0.25) is 0 Å². The molecule has 0 aliphatic heterocycles. The predicted molar refractivity (Wildman–Crippen MR) is 81.7 cm³/mol. The van der Waals surface area contributed by atoms with Gasteiger partial charge in [-0.1, -0.05) is 0 Å². The van der Waals surface area contributed by atoms with E-state index in [1.807, 2.05) is 0 Å². The Balaban J connectivity index is 1.94. The number of benzene rings is 1. The van der Waals surface area contributed by atoms with Gasteiger partial charge in [0.1, 0.15) is 17.9 Å². The number of alkyl halides is 3. The van der Waals surface area contributed by atoms with Gasteiger partial charge in [-0.05, 0) is 12.1 Å². The summed E-state index contributed by atoms with van der Waals surface area (Å²) < 4.78 is 59.2. The van der Waals surface area contributed by atoms with Crippen LogP contribution in [0.25, 0.3) is 11.0 Å². The Morgan fingerprint density at radius 3 is 2.36 bits per heavy atom. The third-order valence-corrected chi connectivity index (χ3v) is 3.13. The molecule has 0 spiro atoms. The summed E-state index contributed by atoms with van der Waals surface area (Å²) >= 11 is 0. The molecule has 2 aromatic rings. The lowest BCUT2D eigenvalue weighted by atomic mass is 10.1. The van der Waals surface area contributed by atoms with Crippen LogP contribution in [0, 0.1) is 0 Å². The summed E-state index contributed by atoms with van der Waals surface area (Å²) in [4.78, 5) is 11.3. The summed E-state index contributed by atoms with van der Waals surface area (Å²) in [7, 11) is 0. The van der Waals surface area contributed by atoms with Gasteiger partial charge in [-0.15, -0.1) is 0 Å². The Morgan fingerprint density at radius 1 is 1.00 bits per heavy atom. The maximum atomic E-state index is 12.9. The Morgan fingerprint density at radius 2 is 1.68 bits per heavy atom. The van der Waals surface area contributed by atoms with Crippen molar-refractivity contribution < 1.29 is 36.9 Å². The number of ether oxygens (including phenoxy) is 3. The average molecular weight is 362 g/mol. The van der Waals surface area contributed by atoms with E-state index in [2.05, 4.69) is 0 Å². The summed E-state index contributed by atoms with van der Waals surface area (Å²) in [6.07, 6.45) is -4.65. The normalized spacial score (nSPS) is 11.8. The molecule has 1 aromatic carbocycles. The van der Waals surface area contributed by atoms with E-state index in [1.54, 1.807) is 0 Å². The van der Waals surface area contributed by atoms with Crippen molar-refractivity contribution in [3.63, 3.8) is 0 Å². The van der Waals surface area contributed by atoms with Crippen LogP contribution in [-0.2, 0) is 15.7 Å². The molecule has 25 heavy (non-hydrogen) atoms. The molecule has 0 aliphatic carbocycles. The Labute approximate surface area is 140 Å². The monoisotopic (exact) mass is 362 g/mol. The topological polar surface area (TPSA) is 78.1 Å². The zero-order valence-electron chi connectivity index (χ0n) is 13.2. The molecular formula is C16H17F3O6. The van der Waals surface area contributed by atoms with E-state index >= 15 is 0 Å². The third-order valence-electron chi connectivity index (χ3n) is 3.13. The van der Waals surface area contributed by atoms with Gasteiger partial charge in [-0.25, -0.2) is 4.79 Å². The number of hydrogen-bond donors (Lipinski definition) is 1. The van der Waals surface area contributed by atoms with Gasteiger partial charge >= 0.3 is 11.8 Å². The molecule has 0 unspecified atom stereocenters. The van der Waals surface area contributed by atoms with Crippen molar-refractivity contribution in [2.75, 3.05) is 39.6 Å². The quantitative estimate of drug-likeness (QED) is 0.544. The number of halogens is 3. The Bertz CT molecular complexity index is 741. The molecular weight excluding hydrogens is 345 g/mol. The maximum Gasteiger partial charge on any atom is 0.417 e. The first-order valence-corrected chi connectivity index (χ1v) is 7.46. The first-order chi connectivity index (χ1) is 11.9. The van der Waals surface area contributed by atoms with Crippen molar-refractivity contribution in [1.29, 1.82) is 0 Å². The highest BCUT2D eigenvalue weighted by atomic mass is 19.4. The van der Waals surface area contributed by atoms with E-state index in [4.69, 9.17) is 23.7 Å². The highest BCUT2D eigenvalue weighted by molar-refractivity contribution is 5.82. The van der Waals surface area contributed by atoms with Crippen molar-refractivity contribution in [3.05, 3.63) is 40.2 Å². The molecule has 0 fully saturated rings. The average Bonchev–Trinajstić information content (AvgIpc) is 2.55. The van der Waals surface area contributed by atoms with Crippen LogP contribution in [0.5, 0.6) is 5.75 Å². The lowest BCUT2D eigenvalue weighted by molar-refractivity contribution is -0.136. The minimum Gasteiger partial charge on any atom is -0.491 e. The Kier molecular flexibility index (Phi) is 6.80. The predicted octanol–water partition coefficient (Wildman–Crippen LogP) is 2.22. The van der Waals surface area contributed by atoms with Gasteiger partial charge in [-0.3, -0.25) is 0 Å². The summed E-state index contributed by atoms with van der Waals surface area (Å²) in [5.74, 6) is 0.259. The van der Waals surface area contributed by atoms with Crippen molar-refractivity contribution in [2.24, 2.45) is 0 Å². The Hall–Kier alpha value is -2.10. The van der Waals surface area contributed by atoms with Crippen molar-refractivity contribution in [2.45, 2.75) is 6.18 Å². The van der Waals surface area contributed by atoms with E-state index in [0.29, 0.717) is 19.3 Å². The maximum absolute atomic E-state index is 12.9. The summed E-state index contributed by atoms with van der Waals surface area (Å²) in [5, 5.41) is 8.30. The van der Waals surface area contributed by atoms with Gasteiger partial charge in [0.2, 0.25) is 0 Å². The minimum absolute atomic E-state index is 0.0583. The fourth-order valence-electron chi connectivity index (χ4n) is 2.07. The number of aliphatic hydroxyl groups is 1. The zero-order chi connectivity index (χ0) is 18.3. The standard InChI is InChI=1S/C16H17F3O6/c17-16(18,19)13-10-15(21)25-14-9-11(1-2-12(13)14)24-8-7-23-6-5-22-4-3-20/h1-2,9-10,20H,3-8H2. The number of fused-ring (bicyclic) bond motifs is 1. The second kappa shape index (κ2) is 8.84. The molecule has 0 saturated carbocycles. The molecule has 0 saturated heterocycles. The second-order valence-corrected chi connectivity index (χ2v) is 4.93. The highest BCUT2D eigenvalue weighted by Gasteiger charge is 2.33. The summed E-state index contributed by atoms with van der Waals surface area (Å²) in [5.41, 5.74) is -2.32. The number of aliphatic hydroxyl groups excluding tert-OH is 1.